The van der Waals surface area contributed by atoms with Crippen LogP contribution in [0.3, 0.4) is 0 Å². The van der Waals surface area contributed by atoms with Crippen LogP contribution in [0.25, 0.3) is 0 Å². The molecule has 0 aliphatic heterocycles. The summed E-state index contributed by atoms with van der Waals surface area (Å²) in [6.45, 7) is 7.87. The molecule has 4 heteroatoms. The van der Waals surface area contributed by atoms with Gasteiger partial charge in [-0.2, -0.15) is 0 Å². The van der Waals surface area contributed by atoms with E-state index in [1.807, 2.05) is 32.0 Å². The van der Waals surface area contributed by atoms with Crippen molar-refractivity contribution in [1.82, 2.24) is 0 Å². The molecule has 0 unspecified atom stereocenters. The number of methoxy groups -OCH3 is 1. The summed E-state index contributed by atoms with van der Waals surface area (Å²) < 4.78 is 5.27. The van der Waals surface area contributed by atoms with Crippen LogP contribution in [0.4, 0.5) is 5.69 Å². The van der Waals surface area contributed by atoms with E-state index < -0.39 is 5.54 Å². The number of nitrogens with two attached hydrogens (primary N) is 1. The first-order chi connectivity index (χ1) is 8.73. The van der Waals surface area contributed by atoms with Crippen molar-refractivity contribution in [3.63, 3.8) is 0 Å². The topological polar surface area (TPSA) is 64.3 Å². The van der Waals surface area contributed by atoms with Crippen LogP contribution in [0.15, 0.2) is 18.2 Å². The zero-order valence-electron chi connectivity index (χ0n) is 12.4. The molecular formula is C15H24N2O2. The van der Waals surface area contributed by atoms with E-state index in [4.69, 9.17) is 10.5 Å². The predicted octanol–water partition coefficient (Wildman–Crippen LogP) is 2.88. The minimum absolute atomic E-state index is 0.105. The number of amides is 1. The molecule has 0 saturated carbocycles. The molecule has 0 aromatic heterocycles. The monoisotopic (exact) mass is 264 g/mol. The van der Waals surface area contributed by atoms with E-state index in [1.165, 1.54) is 0 Å². The van der Waals surface area contributed by atoms with Gasteiger partial charge in [-0.25, -0.2) is 0 Å². The van der Waals surface area contributed by atoms with Crippen molar-refractivity contribution in [2.75, 3.05) is 12.4 Å². The molecule has 1 aromatic carbocycles. The van der Waals surface area contributed by atoms with Gasteiger partial charge in [-0.05, 0) is 37.5 Å². The SMILES string of the molecule is COc1ccc(C(C)C)cc1NC(=O)CC(C)(C)N. The van der Waals surface area contributed by atoms with E-state index in [9.17, 15) is 4.79 Å². The molecule has 0 bridgehead atoms. The van der Waals surface area contributed by atoms with Crippen molar-refractivity contribution in [2.24, 2.45) is 5.73 Å². The largest absolute Gasteiger partial charge is 0.495 e. The molecule has 0 spiro atoms. The van der Waals surface area contributed by atoms with Crippen molar-refractivity contribution in [1.29, 1.82) is 0 Å². The van der Waals surface area contributed by atoms with Gasteiger partial charge in [0.25, 0.3) is 0 Å². The lowest BCUT2D eigenvalue weighted by atomic mass is 10.0. The molecule has 3 N–H and O–H groups in total. The Morgan fingerprint density at radius 3 is 2.53 bits per heavy atom. The van der Waals surface area contributed by atoms with Gasteiger partial charge < -0.3 is 15.8 Å². The third-order valence-electron chi connectivity index (χ3n) is 2.78. The summed E-state index contributed by atoms with van der Waals surface area (Å²) in [4.78, 5) is 11.9. The second-order valence-corrected chi connectivity index (χ2v) is 5.83. The van der Waals surface area contributed by atoms with Gasteiger partial charge in [0.05, 0.1) is 12.8 Å². The Morgan fingerprint density at radius 1 is 1.42 bits per heavy atom. The van der Waals surface area contributed by atoms with Crippen molar-refractivity contribution in [3.8, 4) is 5.75 Å². The first-order valence-electron chi connectivity index (χ1n) is 6.49. The lowest BCUT2D eigenvalue weighted by Crippen LogP contribution is -2.36. The fourth-order valence-corrected chi connectivity index (χ4v) is 1.79. The van der Waals surface area contributed by atoms with Crippen molar-refractivity contribution >= 4 is 11.6 Å². The average Bonchev–Trinajstić information content (AvgIpc) is 2.26. The normalized spacial score (nSPS) is 11.5. The minimum atomic E-state index is -0.521. The summed E-state index contributed by atoms with van der Waals surface area (Å²) in [7, 11) is 1.59. The molecular weight excluding hydrogens is 240 g/mol. The van der Waals surface area contributed by atoms with Gasteiger partial charge in [0.1, 0.15) is 5.75 Å². The number of carbonyl (C=O) groups is 1. The number of ether oxygens (including phenoxy) is 1. The lowest BCUT2D eigenvalue weighted by molar-refractivity contribution is -0.117. The number of anilines is 1. The van der Waals surface area contributed by atoms with Crippen LogP contribution >= 0.6 is 0 Å². The zero-order chi connectivity index (χ0) is 14.6. The van der Waals surface area contributed by atoms with E-state index in [0.29, 0.717) is 17.4 Å². The number of hydrogen-bond donors (Lipinski definition) is 2. The maximum Gasteiger partial charge on any atom is 0.226 e. The molecule has 1 amide bonds. The van der Waals surface area contributed by atoms with Crippen LogP contribution in [0.1, 0.15) is 45.6 Å². The predicted molar refractivity (Wildman–Crippen MR) is 78.6 cm³/mol. The molecule has 106 valence electrons. The maximum absolute atomic E-state index is 11.9. The Labute approximate surface area is 115 Å². The summed E-state index contributed by atoms with van der Waals surface area (Å²) in [6.07, 6.45) is 0.266. The van der Waals surface area contributed by atoms with Crippen molar-refractivity contribution < 1.29 is 9.53 Å². The van der Waals surface area contributed by atoms with Gasteiger partial charge in [-0.1, -0.05) is 19.9 Å². The molecule has 0 saturated heterocycles. The smallest absolute Gasteiger partial charge is 0.226 e. The highest BCUT2D eigenvalue weighted by atomic mass is 16.5. The highest BCUT2D eigenvalue weighted by Gasteiger charge is 2.17. The summed E-state index contributed by atoms with van der Waals surface area (Å²) in [5.74, 6) is 0.951. The Bertz CT molecular complexity index is 448. The number of hydrogen-bond acceptors (Lipinski definition) is 3. The third kappa shape index (κ3) is 4.91. The average molecular weight is 264 g/mol. The third-order valence-corrected chi connectivity index (χ3v) is 2.78. The van der Waals surface area contributed by atoms with E-state index in [1.54, 1.807) is 7.11 Å². The van der Waals surface area contributed by atoms with Crippen LogP contribution in [-0.4, -0.2) is 18.6 Å². The number of nitrogens with one attached hydrogen (secondary N) is 1. The standard InChI is InChI=1S/C15H24N2O2/c1-10(2)11-6-7-13(19-5)12(8-11)17-14(18)9-15(3,4)16/h6-8,10H,9,16H2,1-5H3,(H,17,18). The number of benzene rings is 1. The zero-order valence-corrected chi connectivity index (χ0v) is 12.4. The van der Waals surface area contributed by atoms with Crippen LogP contribution in [0.5, 0.6) is 5.75 Å². The molecule has 4 nitrogen and oxygen atoms in total. The van der Waals surface area contributed by atoms with Gasteiger partial charge in [-0.3, -0.25) is 4.79 Å². The highest BCUT2D eigenvalue weighted by molar-refractivity contribution is 5.93. The Morgan fingerprint density at radius 2 is 2.05 bits per heavy atom. The molecule has 0 atom stereocenters. The van der Waals surface area contributed by atoms with Crippen LogP contribution < -0.4 is 15.8 Å². The number of carbonyl (C=O) groups excluding carboxylic acids is 1. The summed E-state index contributed by atoms with van der Waals surface area (Å²) >= 11 is 0. The highest BCUT2D eigenvalue weighted by Crippen LogP contribution is 2.29. The molecule has 0 fully saturated rings. The van der Waals surface area contributed by atoms with Gasteiger partial charge in [0.15, 0.2) is 0 Å². The molecule has 0 heterocycles. The van der Waals surface area contributed by atoms with Gasteiger partial charge in [-0.15, -0.1) is 0 Å². The molecule has 0 aliphatic rings. The van der Waals surface area contributed by atoms with E-state index in [-0.39, 0.29) is 12.3 Å². The molecule has 1 aromatic rings. The fraction of sp³-hybridized carbons (Fsp3) is 0.533. The van der Waals surface area contributed by atoms with E-state index >= 15 is 0 Å². The summed E-state index contributed by atoms with van der Waals surface area (Å²) in [5.41, 5.74) is 7.18. The summed E-state index contributed by atoms with van der Waals surface area (Å²) in [6, 6.07) is 5.83. The first kappa shape index (κ1) is 15.5. The quantitative estimate of drug-likeness (QED) is 0.859. The van der Waals surface area contributed by atoms with Crippen LogP contribution in [-0.2, 0) is 4.79 Å². The molecule has 0 radical (unpaired) electrons. The Balaban J connectivity index is 2.92. The minimum Gasteiger partial charge on any atom is -0.495 e. The lowest BCUT2D eigenvalue weighted by Gasteiger charge is -2.19. The van der Waals surface area contributed by atoms with E-state index in [2.05, 4.69) is 19.2 Å². The van der Waals surface area contributed by atoms with Gasteiger partial charge >= 0.3 is 0 Å². The van der Waals surface area contributed by atoms with Crippen LogP contribution in [0, 0.1) is 0 Å². The first-order valence-corrected chi connectivity index (χ1v) is 6.49. The van der Waals surface area contributed by atoms with Crippen molar-refractivity contribution in [2.45, 2.75) is 45.6 Å². The van der Waals surface area contributed by atoms with E-state index in [0.717, 1.165) is 5.56 Å². The van der Waals surface area contributed by atoms with Gasteiger partial charge in [0.2, 0.25) is 5.91 Å². The molecule has 0 aliphatic carbocycles. The summed E-state index contributed by atoms with van der Waals surface area (Å²) in [5, 5.41) is 2.87. The molecule has 19 heavy (non-hydrogen) atoms. The van der Waals surface area contributed by atoms with Gasteiger partial charge in [0, 0.05) is 12.0 Å². The Hall–Kier alpha value is -1.55. The second kappa shape index (κ2) is 6.06. The number of rotatable bonds is 5. The van der Waals surface area contributed by atoms with Crippen LogP contribution in [0.2, 0.25) is 0 Å². The molecule has 1 rings (SSSR count). The fourth-order valence-electron chi connectivity index (χ4n) is 1.79. The maximum atomic E-state index is 11.9. The van der Waals surface area contributed by atoms with Crippen molar-refractivity contribution in [3.05, 3.63) is 23.8 Å². The second-order valence-electron chi connectivity index (χ2n) is 5.83. The Kier molecular flexibility index (Phi) is 4.95.